The first-order chi connectivity index (χ1) is 14.3. The SMILES string of the molecule is COc1ccc(C2C(=C(O)c3ccc(C)cc3)C(=O)C(=O)N2CCCC(=O)O)cc1. The van der Waals surface area contributed by atoms with E-state index >= 15 is 0 Å². The third-order valence-electron chi connectivity index (χ3n) is 5.09. The maximum absolute atomic E-state index is 12.9. The summed E-state index contributed by atoms with van der Waals surface area (Å²) in [6, 6.07) is 13.0. The number of carbonyl (C=O) groups excluding carboxylic acids is 2. The molecule has 2 aromatic carbocycles. The summed E-state index contributed by atoms with van der Waals surface area (Å²) < 4.78 is 5.17. The summed E-state index contributed by atoms with van der Waals surface area (Å²) >= 11 is 0. The van der Waals surface area contributed by atoms with Gasteiger partial charge in [-0.3, -0.25) is 14.4 Å². The van der Waals surface area contributed by atoms with E-state index < -0.39 is 23.7 Å². The first-order valence-electron chi connectivity index (χ1n) is 9.54. The van der Waals surface area contributed by atoms with E-state index in [1.165, 1.54) is 12.0 Å². The lowest BCUT2D eigenvalue weighted by Crippen LogP contribution is -2.31. The Labute approximate surface area is 174 Å². The Hall–Kier alpha value is -3.61. The molecule has 0 aromatic heterocycles. The van der Waals surface area contributed by atoms with Crippen LogP contribution in [-0.2, 0) is 14.4 Å². The number of hydrogen-bond donors (Lipinski definition) is 2. The minimum absolute atomic E-state index is 0.00987. The van der Waals surface area contributed by atoms with Crippen LogP contribution < -0.4 is 4.74 Å². The highest BCUT2D eigenvalue weighted by molar-refractivity contribution is 6.46. The van der Waals surface area contributed by atoms with E-state index in [9.17, 15) is 19.5 Å². The molecule has 1 unspecified atom stereocenters. The van der Waals surface area contributed by atoms with Gasteiger partial charge in [0, 0.05) is 18.5 Å². The number of nitrogens with zero attached hydrogens (tertiary/aromatic N) is 1. The Kier molecular flexibility index (Phi) is 6.20. The molecule has 0 aliphatic carbocycles. The zero-order chi connectivity index (χ0) is 21.8. The first kappa shape index (κ1) is 21.1. The quantitative estimate of drug-likeness (QED) is 0.413. The van der Waals surface area contributed by atoms with Crippen LogP contribution in [0.3, 0.4) is 0 Å². The Bertz CT molecular complexity index is 991. The number of carboxylic acids is 1. The minimum atomic E-state index is -0.979. The number of aliphatic hydroxyl groups is 1. The molecule has 1 heterocycles. The molecule has 0 spiro atoms. The summed E-state index contributed by atoms with van der Waals surface area (Å²) in [4.78, 5) is 37.8. The second-order valence-corrected chi connectivity index (χ2v) is 7.13. The van der Waals surface area contributed by atoms with E-state index in [0.717, 1.165) is 5.56 Å². The van der Waals surface area contributed by atoms with E-state index in [-0.39, 0.29) is 30.7 Å². The number of rotatable bonds is 7. The molecular weight excluding hydrogens is 386 g/mol. The Morgan fingerprint density at radius 2 is 1.67 bits per heavy atom. The van der Waals surface area contributed by atoms with E-state index in [2.05, 4.69) is 0 Å². The van der Waals surface area contributed by atoms with Gasteiger partial charge in [-0.05, 0) is 31.0 Å². The monoisotopic (exact) mass is 409 g/mol. The van der Waals surface area contributed by atoms with Crippen LogP contribution in [-0.4, -0.2) is 46.4 Å². The van der Waals surface area contributed by atoms with Gasteiger partial charge in [-0.15, -0.1) is 0 Å². The molecule has 7 heteroatoms. The maximum atomic E-state index is 12.9. The first-order valence-corrected chi connectivity index (χ1v) is 9.54. The number of aryl methyl sites for hydroxylation is 1. The largest absolute Gasteiger partial charge is 0.507 e. The van der Waals surface area contributed by atoms with Crippen molar-refractivity contribution in [2.45, 2.75) is 25.8 Å². The minimum Gasteiger partial charge on any atom is -0.507 e. The number of Topliss-reactive ketones (excluding diaryl/α,β-unsaturated/α-hetero) is 1. The number of methoxy groups -OCH3 is 1. The van der Waals surface area contributed by atoms with Crippen molar-refractivity contribution in [3.05, 3.63) is 70.8 Å². The van der Waals surface area contributed by atoms with Crippen LogP contribution in [0.2, 0.25) is 0 Å². The van der Waals surface area contributed by atoms with Crippen molar-refractivity contribution < 1.29 is 29.3 Å². The highest BCUT2D eigenvalue weighted by atomic mass is 16.5. The molecule has 0 radical (unpaired) electrons. The third-order valence-corrected chi connectivity index (χ3v) is 5.09. The number of aliphatic carboxylic acids is 1. The van der Waals surface area contributed by atoms with E-state index in [4.69, 9.17) is 9.84 Å². The molecule has 1 saturated heterocycles. The van der Waals surface area contributed by atoms with Crippen molar-refractivity contribution in [2.24, 2.45) is 0 Å². The van der Waals surface area contributed by atoms with Crippen LogP contribution in [0.15, 0.2) is 54.1 Å². The van der Waals surface area contributed by atoms with Gasteiger partial charge in [0.1, 0.15) is 11.5 Å². The van der Waals surface area contributed by atoms with Gasteiger partial charge in [0.05, 0.1) is 18.7 Å². The predicted octanol–water partition coefficient (Wildman–Crippen LogP) is 3.29. The molecule has 0 saturated carbocycles. The number of amides is 1. The van der Waals surface area contributed by atoms with Gasteiger partial charge in [-0.2, -0.15) is 0 Å². The molecule has 2 N–H and O–H groups in total. The summed E-state index contributed by atoms with van der Waals surface area (Å²) in [5.74, 6) is -2.17. The lowest BCUT2D eigenvalue weighted by Gasteiger charge is -2.25. The summed E-state index contributed by atoms with van der Waals surface area (Å²) in [5, 5.41) is 19.8. The number of ketones is 1. The molecule has 7 nitrogen and oxygen atoms in total. The van der Waals surface area contributed by atoms with Crippen LogP contribution >= 0.6 is 0 Å². The van der Waals surface area contributed by atoms with Crippen LogP contribution in [0.4, 0.5) is 0 Å². The molecule has 1 amide bonds. The number of ether oxygens (including phenoxy) is 1. The number of hydrogen-bond acceptors (Lipinski definition) is 5. The van der Waals surface area contributed by atoms with Crippen molar-refractivity contribution in [3.8, 4) is 5.75 Å². The Balaban J connectivity index is 2.08. The maximum Gasteiger partial charge on any atom is 0.303 e. The fourth-order valence-electron chi connectivity index (χ4n) is 3.51. The second-order valence-electron chi connectivity index (χ2n) is 7.13. The van der Waals surface area contributed by atoms with Gasteiger partial charge in [0.2, 0.25) is 0 Å². The average molecular weight is 409 g/mol. The number of carboxylic acid groups (broad SMARTS) is 1. The lowest BCUT2D eigenvalue weighted by atomic mass is 9.95. The average Bonchev–Trinajstić information content (AvgIpc) is 2.98. The van der Waals surface area contributed by atoms with Crippen LogP contribution in [0.25, 0.3) is 5.76 Å². The van der Waals surface area contributed by atoms with Crippen molar-refractivity contribution in [3.63, 3.8) is 0 Å². The van der Waals surface area contributed by atoms with Gasteiger partial charge in [-0.1, -0.05) is 42.0 Å². The number of benzene rings is 2. The molecule has 1 fully saturated rings. The van der Waals surface area contributed by atoms with E-state index in [1.54, 1.807) is 48.5 Å². The van der Waals surface area contributed by atoms with Gasteiger partial charge in [0.25, 0.3) is 11.7 Å². The molecule has 3 rings (SSSR count). The molecule has 156 valence electrons. The molecule has 0 bridgehead atoms. The zero-order valence-electron chi connectivity index (χ0n) is 16.8. The molecule has 1 aliphatic rings. The smallest absolute Gasteiger partial charge is 0.303 e. The second kappa shape index (κ2) is 8.82. The highest BCUT2D eigenvalue weighted by Gasteiger charge is 2.45. The van der Waals surface area contributed by atoms with Crippen molar-refractivity contribution in [1.82, 2.24) is 4.90 Å². The number of likely N-dealkylation sites (tertiary alicyclic amines) is 1. The van der Waals surface area contributed by atoms with Crippen molar-refractivity contribution in [2.75, 3.05) is 13.7 Å². The van der Waals surface area contributed by atoms with Gasteiger partial charge >= 0.3 is 5.97 Å². The van der Waals surface area contributed by atoms with Gasteiger partial charge in [-0.25, -0.2) is 0 Å². The molecule has 30 heavy (non-hydrogen) atoms. The summed E-state index contributed by atoms with van der Waals surface area (Å²) in [6.07, 6.45) is 0.0654. The van der Waals surface area contributed by atoms with Crippen LogP contribution in [0.1, 0.15) is 35.6 Å². The lowest BCUT2D eigenvalue weighted by molar-refractivity contribution is -0.140. The Morgan fingerprint density at radius 3 is 2.23 bits per heavy atom. The van der Waals surface area contributed by atoms with E-state index in [1.807, 2.05) is 6.92 Å². The molecular formula is C23H23NO6. The summed E-state index contributed by atoms with van der Waals surface area (Å²) in [7, 11) is 1.53. The predicted molar refractivity (Wildman–Crippen MR) is 110 cm³/mol. The fraction of sp³-hybridized carbons (Fsp3) is 0.261. The van der Waals surface area contributed by atoms with Crippen molar-refractivity contribution >= 4 is 23.4 Å². The molecule has 2 aromatic rings. The third kappa shape index (κ3) is 4.20. The molecule has 1 atom stereocenters. The zero-order valence-corrected chi connectivity index (χ0v) is 16.8. The highest BCUT2D eigenvalue weighted by Crippen LogP contribution is 2.40. The summed E-state index contributed by atoms with van der Waals surface area (Å²) in [6.45, 7) is 1.99. The number of carbonyl (C=O) groups is 3. The standard InChI is InChI=1S/C23H23NO6/c1-14-5-7-16(8-6-14)21(27)19-20(15-9-11-17(30-2)12-10-15)24(23(29)22(19)28)13-3-4-18(25)26/h5-12,20,27H,3-4,13H2,1-2H3,(H,25,26). The normalized spacial score (nSPS) is 17.9. The summed E-state index contributed by atoms with van der Waals surface area (Å²) in [5.41, 5.74) is 2.04. The molecule has 1 aliphatic heterocycles. The fourth-order valence-corrected chi connectivity index (χ4v) is 3.51. The van der Waals surface area contributed by atoms with Crippen molar-refractivity contribution in [1.29, 1.82) is 0 Å². The Morgan fingerprint density at radius 1 is 1.03 bits per heavy atom. The van der Waals surface area contributed by atoms with Gasteiger partial charge < -0.3 is 19.8 Å². The topological polar surface area (TPSA) is 104 Å². The van der Waals surface area contributed by atoms with E-state index in [0.29, 0.717) is 16.9 Å². The van der Waals surface area contributed by atoms with Crippen LogP contribution in [0, 0.1) is 6.92 Å². The van der Waals surface area contributed by atoms with Gasteiger partial charge in [0.15, 0.2) is 0 Å². The number of aliphatic hydroxyl groups excluding tert-OH is 1. The van der Waals surface area contributed by atoms with Crippen LogP contribution in [0.5, 0.6) is 5.75 Å².